The first-order valence-corrected chi connectivity index (χ1v) is 6.29. The van der Waals surface area contributed by atoms with E-state index in [0.717, 1.165) is 0 Å². The van der Waals surface area contributed by atoms with Crippen LogP contribution in [-0.2, 0) is 0 Å². The third-order valence-electron chi connectivity index (χ3n) is 2.45. The summed E-state index contributed by atoms with van der Waals surface area (Å²) in [4.78, 5) is 16.0. The van der Waals surface area contributed by atoms with Gasteiger partial charge in [-0.1, -0.05) is 29.5 Å². The number of benzene rings is 1. The third-order valence-corrected chi connectivity index (χ3v) is 2.69. The van der Waals surface area contributed by atoms with Crippen molar-refractivity contribution in [1.82, 2.24) is 4.98 Å². The smallest absolute Gasteiger partial charge is 0.274 e. The molecule has 5 heteroatoms. The predicted molar refractivity (Wildman–Crippen MR) is 79.6 cm³/mol. The van der Waals surface area contributed by atoms with Crippen LogP contribution in [-0.4, -0.2) is 17.4 Å². The van der Waals surface area contributed by atoms with Crippen LogP contribution in [0.2, 0.25) is 5.02 Å². The van der Waals surface area contributed by atoms with Crippen molar-refractivity contribution >= 4 is 23.2 Å². The summed E-state index contributed by atoms with van der Waals surface area (Å²) in [5, 5.41) is 3.26. The van der Waals surface area contributed by atoms with E-state index in [1.54, 1.807) is 42.6 Å². The van der Waals surface area contributed by atoms with E-state index in [0.29, 0.717) is 22.0 Å². The van der Waals surface area contributed by atoms with Crippen molar-refractivity contribution < 1.29 is 4.79 Å². The number of hydrogen-bond donors (Lipinski definition) is 2. The monoisotopic (exact) mass is 285 g/mol. The van der Waals surface area contributed by atoms with E-state index < -0.39 is 0 Å². The number of anilines is 1. The lowest BCUT2D eigenvalue weighted by molar-refractivity contribution is 0.102. The first-order valence-electron chi connectivity index (χ1n) is 5.91. The zero-order chi connectivity index (χ0) is 14.4. The van der Waals surface area contributed by atoms with Crippen LogP contribution in [0.5, 0.6) is 0 Å². The number of nitrogens with zero attached hydrogens (tertiary/aromatic N) is 1. The highest BCUT2D eigenvalue weighted by Crippen LogP contribution is 2.20. The maximum atomic E-state index is 12.1. The summed E-state index contributed by atoms with van der Waals surface area (Å²) in [6, 6.07) is 10.2. The number of pyridine rings is 1. The highest BCUT2D eigenvalue weighted by molar-refractivity contribution is 6.31. The van der Waals surface area contributed by atoms with Crippen LogP contribution in [0.3, 0.4) is 0 Å². The summed E-state index contributed by atoms with van der Waals surface area (Å²) in [6.07, 6.45) is 1.56. The van der Waals surface area contributed by atoms with Crippen molar-refractivity contribution in [3.8, 4) is 11.8 Å². The number of halogens is 1. The average molecular weight is 286 g/mol. The average Bonchev–Trinajstić information content (AvgIpc) is 2.47. The normalized spacial score (nSPS) is 9.50. The highest BCUT2D eigenvalue weighted by atomic mass is 35.5. The number of aromatic nitrogens is 1. The SMILES string of the molecule is NCC#Cc1ccc(Cl)cc1NC(=O)c1ccccn1. The number of carbonyl (C=O) groups excluding carboxylic acids is 1. The van der Waals surface area contributed by atoms with Gasteiger partial charge in [-0.2, -0.15) is 0 Å². The minimum Gasteiger partial charge on any atom is -0.320 e. The molecule has 0 aliphatic carbocycles. The van der Waals surface area contributed by atoms with E-state index in [1.165, 1.54) is 0 Å². The maximum Gasteiger partial charge on any atom is 0.274 e. The molecule has 0 spiro atoms. The molecule has 0 saturated heterocycles. The van der Waals surface area contributed by atoms with Crippen molar-refractivity contribution in [1.29, 1.82) is 0 Å². The summed E-state index contributed by atoms with van der Waals surface area (Å²) in [5.74, 6) is 5.32. The molecular weight excluding hydrogens is 274 g/mol. The lowest BCUT2D eigenvalue weighted by Gasteiger charge is -2.07. The molecule has 1 aromatic heterocycles. The van der Waals surface area contributed by atoms with E-state index in [1.807, 2.05) is 0 Å². The Hall–Kier alpha value is -2.35. The lowest BCUT2D eigenvalue weighted by atomic mass is 10.1. The molecule has 100 valence electrons. The van der Waals surface area contributed by atoms with Gasteiger partial charge >= 0.3 is 0 Å². The predicted octanol–water partition coefficient (Wildman–Crippen LogP) is 2.30. The van der Waals surface area contributed by atoms with Crippen LogP contribution < -0.4 is 11.1 Å². The first-order chi connectivity index (χ1) is 9.70. The molecule has 3 N–H and O–H groups in total. The summed E-state index contributed by atoms with van der Waals surface area (Å²) in [7, 11) is 0. The Labute approximate surface area is 122 Å². The zero-order valence-electron chi connectivity index (χ0n) is 10.6. The molecule has 0 radical (unpaired) electrons. The minimum absolute atomic E-state index is 0.246. The fourth-order valence-electron chi connectivity index (χ4n) is 1.56. The van der Waals surface area contributed by atoms with Gasteiger partial charge in [0.25, 0.3) is 5.91 Å². The number of nitrogens with one attached hydrogen (secondary N) is 1. The van der Waals surface area contributed by atoms with Crippen molar-refractivity contribution in [3.63, 3.8) is 0 Å². The number of hydrogen-bond acceptors (Lipinski definition) is 3. The minimum atomic E-state index is -0.316. The van der Waals surface area contributed by atoms with Gasteiger partial charge in [0.2, 0.25) is 0 Å². The van der Waals surface area contributed by atoms with Crippen LogP contribution in [0.1, 0.15) is 16.1 Å². The fourth-order valence-corrected chi connectivity index (χ4v) is 1.73. The Morgan fingerprint density at radius 1 is 1.35 bits per heavy atom. The largest absolute Gasteiger partial charge is 0.320 e. The van der Waals surface area contributed by atoms with Gasteiger partial charge in [0.15, 0.2) is 0 Å². The van der Waals surface area contributed by atoms with Gasteiger partial charge in [0.05, 0.1) is 12.2 Å². The second kappa shape index (κ2) is 6.71. The molecule has 20 heavy (non-hydrogen) atoms. The van der Waals surface area contributed by atoms with Crippen LogP contribution in [0.4, 0.5) is 5.69 Å². The van der Waals surface area contributed by atoms with Gasteiger partial charge < -0.3 is 11.1 Å². The van der Waals surface area contributed by atoms with Gasteiger partial charge in [0, 0.05) is 16.8 Å². The molecule has 1 aromatic carbocycles. The quantitative estimate of drug-likeness (QED) is 0.832. The van der Waals surface area contributed by atoms with E-state index in [-0.39, 0.29) is 12.5 Å². The number of carbonyl (C=O) groups is 1. The standard InChI is InChI=1S/C15H12ClN3O/c16-12-7-6-11(4-3-8-17)14(10-12)19-15(20)13-5-1-2-9-18-13/h1-2,5-7,9-10H,8,17H2,(H,19,20). The molecule has 2 aromatic rings. The molecule has 1 heterocycles. The molecule has 0 aliphatic rings. The van der Waals surface area contributed by atoms with Crippen LogP contribution in [0, 0.1) is 11.8 Å². The van der Waals surface area contributed by atoms with Gasteiger partial charge in [-0.3, -0.25) is 9.78 Å². The summed E-state index contributed by atoms with van der Waals surface area (Å²) >= 11 is 5.94. The van der Waals surface area contributed by atoms with Crippen molar-refractivity contribution in [2.45, 2.75) is 0 Å². The second-order valence-corrected chi connectivity index (χ2v) is 4.30. The Balaban J connectivity index is 2.28. The van der Waals surface area contributed by atoms with Gasteiger partial charge in [-0.15, -0.1) is 0 Å². The maximum absolute atomic E-state index is 12.1. The molecule has 0 bridgehead atoms. The second-order valence-electron chi connectivity index (χ2n) is 3.86. The molecular formula is C15H12ClN3O. The van der Waals surface area contributed by atoms with Gasteiger partial charge in [-0.25, -0.2) is 0 Å². The van der Waals surface area contributed by atoms with E-state index in [2.05, 4.69) is 22.1 Å². The number of nitrogens with two attached hydrogens (primary N) is 1. The summed E-state index contributed by atoms with van der Waals surface area (Å²) in [6.45, 7) is 0.246. The Morgan fingerprint density at radius 3 is 2.90 bits per heavy atom. The Morgan fingerprint density at radius 2 is 2.20 bits per heavy atom. The third kappa shape index (κ3) is 3.58. The Kier molecular flexibility index (Phi) is 4.72. The topological polar surface area (TPSA) is 68.0 Å². The fraction of sp³-hybridized carbons (Fsp3) is 0.0667. The van der Waals surface area contributed by atoms with Gasteiger partial charge in [0.1, 0.15) is 5.69 Å². The van der Waals surface area contributed by atoms with E-state index in [4.69, 9.17) is 17.3 Å². The van der Waals surface area contributed by atoms with Crippen molar-refractivity contribution in [3.05, 3.63) is 58.9 Å². The Bertz CT molecular complexity index is 675. The van der Waals surface area contributed by atoms with Crippen LogP contribution >= 0.6 is 11.6 Å². The number of amides is 1. The number of rotatable bonds is 2. The van der Waals surface area contributed by atoms with Crippen molar-refractivity contribution in [2.24, 2.45) is 5.73 Å². The molecule has 0 aliphatic heterocycles. The first kappa shape index (κ1) is 14.1. The highest BCUT2D eigenvalue weighted by Gasteiger charge is 2.09. The van der Waals surface area contributed by atoms with Crippen LogP contribution in [0.25, 0.3) is 0 Å². The zero-order valence-corrected chi connectivity index (χ0v) is 11.3. The molecule has 4 nitrogen and oxygen atoms in total. The molecule has 0 unspecified atom stereocenters. The molecule has 0 fully saturated rings. The lowest BCUT2D eigenvalue weighted by Crippen LogP contribution is -2.14. The molecule has 0 atom stereocenters. The molecule has 2 rings (SSSR count). The molecule has 0 saturated carbocycles. The van der Waals surface area contributed by atoms with Gasteiger partial charge in [-0.05, 0) is 30.3 Å². The van der Waals surface area contributed by atoms with Crippen LogP contribution in [0.15, 0.2) is 42.6 Å². The summed E-state index contributed by atoms with van der Waals surface area (Å²) in [5.41, 5.74) is 6.87. The summed E-state index contributed by atoms with van der Waals surface area (Å²) < 4.78 is 0. The molecule has 1 amide bonds. The van der Waals surface area contributed by atoms with E-state index in [9.17, 15) is 4.79 Å². The van der Waals surface area contributed by atoms with E-state index >= 15 is 0 Å². The van der Waals surface area contributed by atoms with Crippen molar-refractivity contribution in [2.75, 3.05) is 11.9 Å².